The molecule has 9 heteroatoms. The fourth-order valence-electron chi connectivity index (χ4n) is 5.32. The van der Waals surface area contributed by atoms with Crippen LogP contribution in [0.1, 0.15) is 30.1 Å². The molecule has 2 saturated heterocycles. The van der Waals surface area contributed by atoms with Gasteiger partial charge in [-0.15, -0.1) is 0 Å². The van der Waals surface area contributed by atoms with E-state index in [0.29, 0.717) is 18.7 Å². The molecular formula is C24H27FN6O2. The first-order valence-electron chi connectivity index (χ1n) is 11.1. The summed E-state index contributed by atoms with van der Waals surface area (Å²) >= 11 is 0. The number of nitriles is 1. The summed E-state index contributed by atoms with van der Waals surface area (Å²) in [6, 6.07) is 16.5. The number of halogens is 1. The van der Waals surface area contributed by atoms with Gasteiger partial charge in [-0.05, 0) is 42.3 Å². The first kappa shape index (κ1) is 21.7. The lowest BCUT2D eigenvalue weighted by Crippen LogP contribution is -2.45. The van der Waals surface area contributed by atoms with Gasteiger partial charge in [-0.25, -0.2) is 20.7 Å². The second-order valence-electron chi connectivity index (χ2n) is 8.52. The minimum Gasteiger partial charge on any atom is -0.494 e. The van der Waals surface area contributed by atoms with Crippen molar-refractivity contribution in [3.8, 4) is 11.8 Å². The normalized spacial score (nSPS) is 31.1. The molecule has 2 aromatic carbocycles. The molecule has 0 aromatic heterocycles. The number of nitrogens with zero attached hydrogens (tertiary/aromatic N) is 1. The van der Waals surface area contributed by atoms with Gasteiger partial charge in [-0.3, -0.25) is 5.43 Å². The molecule has 8 nitrogen and oxygen atoms in total. The smallest absolute Gasteiger partial charge is 0.200 e. The van der Waals surface area contributed by atoms with Crippen molar-refractivity contribution in [3.63, 3.8) is 0 Å². The maximum absolute atomic E-state index is 13.5. The molecule has 172 valence electrons. The van der Waals surface area contributed by atoms with Crippen LogP contribution < -0.4 is 32.2 Å². The summed E-state index contributed by atoms with van der Waals surface area (Å²) in [7, 11) is 0. The molecular weight excluding hydrogens is 423 g/mol. The van der Waals surface area contributed by atoms with Crippen LogP contribution in [0.15, 0.2) is 60.0 Å². The van der Waals surface area contributed by atoms with Gasteiger partial charge in [0.25, 0.3) is 0 Å². The fraction of sp³-hybridized carbons (Fsp3) is 0.375. The van der Waals surface area contributed by atoms with Crippen LogP contribution >= 0.6 is 0 Å². The number of nitrogens with two attached hydrogens (primary N) is 1. The summed E-state index contributed by atoms with van der Waals surface area (Å²) in [5, 5.41) is 10.0. The topological polar surface area (TPSA) is 116 Å². The van der Waals surface area contributed by atoms with Crippen LogP contribution in [0.3, 0.4) is 0 Å². The minimum atomic E-state index is -0.391. The minimum absolute atomic E-state index is 0.00745. The van der Waals surface area contributed by atoms with E-state index in [1.54, 1.807) is 12.1 Å². The Hall–Kier alpha value is -3.16. The lowest BCUT2D eigenvalue weighted by atomic mass is 9.68. The molecule has 2 aromatic rings. The molecule has 3 aliphatic rings. The van der Waals surface area contributed by atoms with Crippen LogP contribution in [0.25, 0.3) is 0 Å². The SMILES string of the molecule is CCOc1ccc(C2NNC3OC(N)=C(C#N)C(C4CNNC4c4ccc(F)cc4)C32)cc1. The van der Waals surface area contributed by atoms with Gasteiger partial charge >= 0.3 is 0 Å². The quantitative estimate of drug-likeness (QED) is 0.471. The molecule has 6 atom stereocenters. The largest absolute Gasteiger partial charge is 0.494 e. The van der Waals surface area contributed by atoms with Gasteiger partial charge in [0, 0.05) is 24.3 Å². The van der Waals surface area contributed by atoms with E-state index in [0.717, 1.165) is 16.9 Å². The van der Waals surface area contributed by atoms with E-state index in [-0.39, 0.29) is 41.5 Å². The summed E-state index contributed by atoms with van der Waals surface area (Å²) in [5.74, 6) is 0.364. The van der Waals surface area contributed by atoms with Crippen LogP contribution in [0, 0.1) is 34.9 Å². The molecule has 0 radical (unpaired) electrons. The molecule has 6 N–H and O–H groups in total. The summed E-state index contributed by atoms with van der Waals surface area (Å²) in [6.45, 7) is 3.18. The Morgan fingerprint density at radius 3 is 2.45 bits per heavy atom. The third-order valence-electron chi connectivity index (χ3n) is 6.77. The third kappa shape index (κ3) is 3.92. The lowest BCUT2D eigenvalue weighted by molar-refractivity contribution is 0.00572. The van der Waals surface area contributed by atoms with Crippen molar-refractivity contribution in [1.82, 2.24) is 21.7 Å². The third-order valence-corrected chi connectivity index (χ3v) is 6.77. The Labute approximate surface area is 191 Å². The van der Waals surface area contributed by atoms with Crippen LogP contribution in [0.2, 0.25) is 0 Å². The summed E-state index contributed by atoms with van der Waals surface area (Å²) in [5.41, 5.74) is 21.8. The number of allylic oxidation sites excluding steroid dienone is 1. The molecule has 0 spiro atoms. The molecule has 3 aliphatic heterocycles. The number of benzene rings is 2. The molecule has 0 bridgehead atoms. The van der Waals surface area contributed by atoms with Gasteiger partial charge in [0.05, 0.1) is 24.3 Å². The molecule has 3 heterocycles. The number of ether oxygens (including phenoxy) is 2. The molecule has 0 saturated carbocycles. The molecule has 5 rings (SSSR count). The second-order valence-corrected chi connectivity index (χ2v) is 8.52. The zero-order chi connectivity index (χ0) is 22.9. The number of hydrogen-bond donors (Lipinski definition) is 5. The van der Waals surface area contributed by atoms with Crippen molar-refractivity contribution >= 4 is 0 Å². The van der Waals surface area contributed by atoms with Crippen molar-refractivity contribution in [2.75, 3.05) is 13.2 Å². The molecule has 6 unspecified atom stereocenters. The Balaban J connectivity index is 1.52. The maximum atomic E-state index is 13.5. The highest BCUT2D eigenvalue weighted by molar-refractivity contribution is 5.36. The monoisotopic (exact) mass is 450 g/mol. The molecule has 0 amide bonds. The maximum Gasteiger partial charge on any atom is 0.200 e. The van der Waals surface area contributed by atoms with Gasteiger partial charge in [-0.1, -0.05) is 24.3 Å². The summed E-state index contributed by atoms with van der Waals surface area (Å²) in [4.78, 5) is 0. The zero-order valence-corrected chi connectivity index (χ0v) is 18.2. The van der Waals surface area contributed by atoms with Crippen molar-refractivity contribution in [2.45, 2.75) is 25.2 Å². The van der Waals surface area contributed by atoms with Gasteiger partial charge < -0.3 is 15.2 Å². The lowest BCUT2D eigenvalue weighted by Gasteiger charge is -2.40. The van der Waals surface area contributed by atoms with Crippen LogP contribution in [0.4, 0.5) is 4.39 Å². The van der Waals surface area contributed by atoms with Gasteiger partial charge in [0.15, 0.2) is 12.1 Å². The fourth-order valence-corrected chi connectivity index (χ4v) is 5.32. The Morgan fingerprint density at radius 2 is 1.76 bits per heavy atom. The standard InChI is InChI=1S/C24H27FN6O2/c1-2-32-16-9-5-14(6-10-16)22-20-19(17(11-26)23(27)33-24(20)31-30-22)18-12-28-29-21(18)13-3-7-15(25)8-4-13/h3-10,18-22,24,28-31H,2,12,27H2,1H3. The number of fused-ring (bicyclic) bond motifs is 1. The Kier molecular flexibility index (Phi) is 5.91. The Bertz CT molecular complexity index is 1070. The van der Waals surface area contributed by atoms with Crippen molar-refractivity contribution in [1.29, 1.82) is 5.26 Å². The van der Waals surface area contributed by atoms with Crippen LogP contribution in [-0.2, 0) is 4.74 Å². The van der Waals surface area contributed by atoms with Crippen LogP contribution in [0.5, 0.6) is 5.75 Å². The highest BCUT2D eigenvalue weighted by Crippen LogP contribution is 2.49. The van der Waals surface area contributed by atoms with E-state index in [1.165, 1.54) is 12.1 Å². The predicted octanol–water partition coefficient (Wildman–Crippen LogP) is 2.12. The first-order chi connectivity index (χ1) is 16.1. The van der Waals surface area contributed by atoms with E-state index >= 15 is 0 Å². The number of hydrazine groups is 2. The first-order valence-corrected chi connectivity index (χ1v) is 11.1. The second kappa shape index (κ2) is 9.00. The van der Waals surface area contributed by atoms with Gasteiger partial charge in [0.2, 0.25) is 0 Å². The Morgan fingerprint density at radius 1 is 1.06 bits per heavy atom. The van der Waals surface area contributed by atoms with Crippen LogP contribution in [-0.4, -0.2) is 19.4 Å². The highest BCUT2D eigenvalue weighted by Gasteiger charge is 2.53. The zero-order valence-electron chi connectivity index (χ0n) is 18.2. The average molecular weight is 451 g/mol. The average Bonchev–Trinajstić information content (AvgIpc) is 3.47. The van der Waals surface area contributed by atoms with Gasteiger partial charge in [-0.2, -0.15) is 5.26 Å². The number of nitrogens with one attached hydrogen (secondary N) is 4. The summed E-state index contributed by atoms with van der Waals surface area (Å²) < 4.78 is 25.0. The number of hydrogen-bond acceptors (Lipinski definition) is 8. The van der Waals surface area contributed by atoms with E-state index in [1.807, 2.05) is 31.2 Å². The molecule has 2 fully saturated rings. The molecule has 33 heavy (non-hydrogen) atoms. The predicted molar refractivity (Wildman–Crippen MR) is 119 cm³/mol. The van der Waals surface area contributed by atoms with E-state index < -0.39 is 6.23 Å². The highest BCUT2D eigenvalue weighted by atomic mass is 19.1. The van der Waals surface area contributed by atoms with Crippen molar-refractivity contribution in [3.05, 3.63) is 76.9 Å². The van der Waals surface area contributed by atoms with E-state index in [4.69, 9.17) is 15.2 Å². The van der Waals surface area contributed by atoms with Crippen molar-refractivity contribution in [2.24, 2.45) is 23.5 Å². The number of rotatable bonds is 5. The van der Waals surface area contributed by atoms with E-state index in [9.17, 15) is 9.65 Å². The summed E-state index contributed by atoms with van der Waals surface area (Å²) in [6.07, 6.45) is -0.391. The van der Waals surface area contributed by atoms with Gasteiger partial charge in [0.1, 0.15) is 17.6 Å². The molecule has 0 aliphatic carbocycles. The van der Waals surface area contributed by atoms with Crippen molar-refractivity contribution < 1.29 is 13.9 Å². The van der Waals surface area contributed by atoms with E-state index in [2.05, 4.69) is 27.8 Å².